The minimum absolute atomic E-state index is 0.804. The fourth-order valence-corrected chi connectivity index (χ4v) is 3.82. The Morgan fingerprint density at radius 2 is 2.20 bits per heavy atom. The highest BCUT2D eigenvalue weighted by Crippen LogP contribution is 2.29. The van der Waals surface area contributed by atoms with E-state index in [9.17, 15) is 0 Å². The van der Waals surface area contributed by atoms with E-state index in [1.807, 2.05) is 13.1 Å². The molecule has 3 nitrogen and oxygen atoms in total. The van der Waals surface area contributed by atoms with Crippen LogP contribution in [0, 0.1) is 0 Å². The molecule has 3 rings (SSSR count). The molecule has 0 aliphatic heterocycles. The summed E-state index contributed by atoms with van der Waals surface area (Å²) < 4.78 is 1.10. The molecular formula is C15H16BrN3S. The first-order valence-corrected chi connectivity index (χ1v) is 8.49. The van der Waals surface area contributed by atoms with Gasteiger partial charge in [-0.1, -0.05) is 22.0 Å². The number of benzene rings is 1. The van der Waals surface area contributed by atoms with Gasteiger partial charge in [-0.15, -0.1) is 11.8 Å². The SMILES string of the molecule is CNc1nc(CSc2cccc(Br)c2)nc2c1CCC2. The van der Waals surface area contributed by atoms with E-state index in [4.69, 9.17) is 4.98 Å². The van der Waals surface area contributed by atoms with Crippen LogP contribution < -0.4 is 5.32 Å². The van der Waals surface area contributed by atoms with Gasteiger partial charge < -0.3 is 5.32 Å². The largest absolute Gasteiger partial charge is 0.373 e. The van der Waals surface area contributed by atoms with E-state index in [1.165, 1.54) is 22.6 Å². The fraction of sp³-hybridized carbons (Fsp3) is 0.333. The zero-order valence-corrected chi connectivity index (χ0v) is 13.7. The fourth-order valence-electron chi connectivity index (χ4n) is 2.46. The number of hydrogen-bond donors (Lipinski definition) is 1. The molecule has 0 atom stereocenters. The summed E-state index contributed by atoms with van der Waals surface area (Å²) >= 11 is 5.27. The van der Waals surface area contributed by atoms with Crippen molar-refractivity contribution in [3.8, 4) is 0 Å². The maximum absolute atomic E-state index is 4.72. The summed E-state index contributed by atoms with van der Waals surface area (Å²) in [4.78, 5) is 10.6. The van der Waals surface area contributed by atoms with Gasteiger partial charge in [0.05, 0.1) is 5.75 Å². The molecular weight excluding hydrogens is 334 g/mol. The van der Waals surface area contributed by atoms with Crippen molar-refractivity contribution in [3.05, 3.63) is 45.8 Å². The van der Waals surface area contributed by atoms with Crippen LogP contribution in [0.4, 0.5) is 5.82 Å². The van der Waals surface area contributed by atoms with Gasteiger partial charge in [0.1, 0.15) is 11.6 Å². The smallest absolute Gasteiger partial charge is 0.141 e. The molecule has 1 aliphatic rings. The van der Waals surface area contributed by atoms with Crippen LogP contribution in [0.25, 0.3) is 0 Å². The molecule has 5 heteroatoms. The van der Waals surface area contributed by atoms with Crippen molar-refractivity contribution in [1.82, 2.24) is 9.97 Å². The number of nitrogens with zero attached hydrogens (tertiary/aromatic N) is 2. The second kappa shape index (κ2) is 6.14. The number of fused-ring (bicyclic) bond motifs is 1. The maximum Gasteiger partial charge on any atom is 0.141 e. The summed E-state index contributed by atoms with van der Waals surface area (Å²) in [6.07, 6.45) is 3.38. The van der Waals surface area contributed by atoms with Crippen molar-refractivity contribution in [2.75, 3.05) is 12.4 Å². The van der Waals surface area contributed by atoms with Crippen LogP contribution in [0.1, 0.15) is 23.5 Å². The summed E-state index contributed by atoms with van der Waals surface area (Å²) in [5.41, 5.74) is 2.54. The Balaban J connectivity index is 1.78. The maximum atomic E-state index is 4.72. The van der Waals surface area contributed by atoms with Gasteiger partial charge in [-0.3, -0.25) is 0 Å². The van der Waals surface area contributed by atoms with E-state index in [2.05, 4.69) is 44.4 Å². The predicted molar refractivity (Wildman–Crippen MR) is 87.3 cm³/mol. The first kappa shape index (κ1) is 13.9. The molecule has 1 N–H and O–H groups in total. The van der Waals surface area contributed by atoms with Gasteiger partial charge in [0.15, 0.2) is 0 Å². The Labute approximate surface area is 131 Å². The highest BCUT2D eigenvalue weighted by Gasteiger charge is 2.18. The third-order valence-electron chi connectivity index (χ3n) is 3.38. The van der Waals surface area contributed by atoms with E-state index in [1.54, 1.807) is 11.8 Å². The van der Waals surface area contributed by atoms with E-state index in [0.717, 1.165) is 34.7 Å². The first-order chi connectivity index (χ1) is 9.76. The lowest BCUT2D eigenvalue weighted by Gasteiger charge is -2.09. The Morgan fingerprint density at radius 3 is 3.00 bits per heavy atom. The first-order valence-electron chi connectivity index (χ1n) is 6.71. The predicted octanol–water partition coefficient (Wildman–Crippen LogP) is 4.06. The molecule has 0 fully saturated rings. The summed E-state index contributed by atoms with van der Waals surface area (Å²) in [7, 11) is 1.94. The molecule has 0 bridgehead atoms. The number of halogens is 1. The summed E-state index contributed by atoms with van der Waals surface area (Å²) in [5, 5.41) is 3.21. The third kappa shape index (κ3) is 2.99. The minimum atomic E-state index is 0.804. The quantitative estimate of drug-likeness (QED) is 0.844. The lowest BCUT2D eigenvalue weighted by atomic mass is 10.2. The monoisotopic (exact) mass is 349 g/mol. The Hall–Kier alpha value is -1.07. The van der Waals surface area contributed by atoms with Gasteiger partial charge in [-0.2, -0.15) is 0 Å². The minimum Gasteiger partial charge on any atom is -0.373 e. The van der Waals surface area contributed by atoms with Gasteiger partial charge in [-0.25, -0.2) is 9.97 Å². The van der Waals surface area contributed by atoms with Gasteiger partial charge in [0.25, 0.3) is 0 Å². The zero-order valence-electron chi connectivity index (χ0n) is 11.3. The van der Waals surface area contributed by atoms with E-state index < -0.39 is 0 Å². The molecule has 0 radical (unpaired) electrons. The molecule has 1 heterocycles. The van der Waals surface area contributed by atoms with Crippen LogP contribution >= 0.6 is 27.7 Å². The normalized spacial score (nSPS) is 13.3. The van der Waals surface area contributed by atoms with Gasteiger partial charge >= 0.3 is 0 Å². The Kier molecular flexibility index (Phi) is 4.27. The van der Waals surface area contributed by atoms with Crippen molar-refractivity contribution in [2.24, 2.45) is 0 Å². The van der Waals surface area contributed by atoms with Gasteiger partial charge in [-0.05, 0) is 37.5 Å². The van der Waals surface area contributed by atoms with Gasteiger partial charge in [0.2, 0.25) is 0 Å². The average Bonchev–Trinajstić information content (AvgIpc) is 2.92. The molecule has 0 amide bonds. The number of hydrogen-bond acceptors (Lipinski definition) is 4. The number of aromatic nitrogens is 2. The molecule has 20 heavy (non-hydrogen) atoms. The zero-order chi connectivity index (χ0) is 13.9. The van der Waals surface area contributed by atoms with Crippen LogP contribution in [0.15, 0.2) is 33.6 Å². The second-order valence-electron chi connectivity index (χ2n) is 4.76. The van der Waals surface area contributed by atoms with Crippen LogP contribution in [0.3, 0.4) is 0 Å². The van der Waals surface area contributed by atoms with Crippen molar-refractivity contribution in [3.63, 3.8) is 0 Å². The van der Waals surface area contributed by atoms with Crippen LogP contribution in [0.2, 0.25) is 0 Å². The highest BCUT2D eigenvalue weighted by atomic mass is 79.9. The summed E-state index contributed by atoms with van der Waals surface area (Å²) in [5.74, 6) is 2.73. The number of aryl methyl sites for hydroxylation is 1. The Bertz CT molecular complexity index is 631. The van der Waals surface area contributed by atoms with Crippen LogP contribution in [-0.4, -0.2) is 17.0 Å². The van der Waals surface area contributed by atoms with Crippen molar-refractivity contribution >= 4 is 33.5 Å². The lowest BCUT2D eigenvalue weighted by molar-refractivity contribution is 0.893. The number of anilines is 1. The summed E-state index contributed by atoms with van der Waals surface area (Å²) in [6, 6.07) is 8.32. The molecule has 0 spiro atoms. The molecule has 2 aromatic rings. The van der Waals surface area contributed by atoms with E-state index in [0.29, 0.717) is 0 Å². The van der Waals surface area contributed by atoms with Crippen molar-refractivity contribution in [2.45, 2.75) is 29.9 Å². The van der Waals surface area contributed by atoms with E-state index >= 15 is 0 Å². The highest BCUT2D eigenvalue weighted by molar-refractivity contribution is 9.10. The molecule has 0 unspecified atom stereocenters. The van der Waals surface area contributed by atoms with Gasteiger partial charge in [0, 0.05) is 27.7 Å². The molecule has 0 saturated heterocycles. The number of rotatable bonds is 4. The van der Waals surface area contributed by atoms with Crippen molar-refractivity contribution < 1.29 is 0 Å². The molecule has 1 aliphatic carbocycles. The van der Waals surface area contributed by atoms with Crippen molar-refractivity contribution in [1.29, 1.82) is 0 Å². The standard InChI is InChI=1S/C15H16BrN3S/c1-17-15-12-6-3-7-13(12)18-14(19-15)9-20-11-5-2-4-10(16)8-11/h2,4-5,8H,3,6-7,9H2,1H3,(H,17,18,19). The average molecular weight is 350 g/mol. The third-order valence-corrected chi connectivity index (χ3v) is 4.86. The second-order valence-corrected chi connectivity index (χ2v) is 6.73. The lowest BCUT2D eigenvalue weighted by Crippen LogP contribution is -2.05. The molecule has 104 valence electrons. The number of thioether (sulfide) groups is 1. The Morgan fingerprint density at radius 1 is 1.30 bits per heavy atom. The number of nitrogens with one attached hydrogen (secondary N) is 1. The molecule has 0 saturated carbocycles. The van der Waals surface area contributed by atoms with Crippen LogP contribution in [0.5, 0.6) is 0 Å². The topological polar surface area (TPSA) is 37.8 Å². The molecule has 1 aromatic carbocycles. The van der Waals surface area contributed by atoms with E-state index in [-0.39, 0.29) is 0 Å². The summed E-state index contributed by atoms with van der Waals surface area (Å²) in [6.45, 7) is 0. The van der Waals surface area contributed by atoms with Crippen LogP contribution in [-0.2, 0) is 18.6 Å². The molecule has 1 aromatic heterocycles.